The Morgan fingerprint density at radius 1 is 1.30 bits per heavy atom. The van der Waals surface area contributed by atoms with Crippen LogP contribution in [0.5, 0.6) is 0 Å². The summed E-state index contributed by atoms with van der Waals surface area (Å²) in [6.45, 7) is 10.3. The predicted octanol–water partition coefficient (Wildman–Crippen LogP) is 1.17. The maximum Gasteiger partial charge on any atom is 0.246 e. The highest BCUT2D eigenvalue weighted by Gasteiger charge is 2.55. The first kappa shape index (κ1) is 15.3. The molecule has 1 N–H and O–H groups in total. The lowest BCUT2D eigenvalue weighted by molar-refractivity contribution is -0.173. The van der Waals surface area contributed by atoms with Gasteiger partial charge in [0.25, 0.3) is 0 Å². The van der Waals surface area contributed by atoms with Gasteiger partial charge in [-0.2, -0.15) is 0 Å². The Morgan fingerprint density at radius 3 is 2.35 bits per heavy atom. The van der Waals surface area contributed by atoms with E-state index in [0.29, 0.717) is 0 Å². The fraction of sp³-hybridized carbons (Fsp3) is 0.867. The molecular weight excluding hydrogens is 256 g/mol. The van der Waals surface area contributed by atoms with Gasteiger partial charge in [0, 0.05) is 18.6 Å². The van der Waals surface area contributed by atoms with Crippen molar-refractivity contribution < 1.29 is 14.3 Å². The number of rotatable bonds is 2. The largest absolute Gasteiger partial charge is 0.381 e. The van der Waals surface area contributed by atoms with Gasteiger partial charge in [0.05, 0.1) is 12.6 Å². The molecular formula is C15H26N2O3. The summed E-state index contributed by atoms with van der Waals surface area (Å²) in [6.07, 6.45) is 0.956. The number of nitrogens with zero attached hydrogens (tertiary/aromatic N) is 1. The molecule has 2 fully saturated rings. The Labute approximate surface area is 121 Å². The van der Waals surface area contributed by atoms with Crippen molar-refractivity contribution in [2.45, 2.75) is 59.2 Å². The van der Waals surface area contributed by atoms with Crippen molar-refractivity contribution in [3.63, 3.8) is 0 Å². The highest BCUT2D eigenvalue weighted by Crippen LogP contribution is 2.46. The van der Waals surface area contributed by atoms with Crippen LogP contribution < -0.4 is 5.32 Å². The smallest absolute Gasteiger partial charge is 0.246 e. The van der Waals surface area contributed by atoms with Crippen molar-refractivity contribution in [3.8, 4) is 0 Å². The SMILES string of the molecule is COC1CC(N2CC(=O)NC(C(C)(C)C)C2=O)C1(C)C. The average Bonchev–Trinajstić information content (AvgIpc) is 2.30. The number of carbonyl (C=O) groups is 2. The Bertz CT molecular complexity index is 425. The molecule has 0 radical (unpaired) electrons. The second-order valence-corrected chi connectivity index (χ2v) is 7.63. The van der Waals surface area contributed by atoms with E-state index in [4.69, 9.17) is 4.74 Å². The predicted molar refractivity (Wildman–Crippen MR) is 76.1 cm³/mol. The van der Waals surface area contributed by atoms with E-state index in [1.165, 1.54) is 0 Å². The molecule has 5 heteroatoms. The molecule has 0 aromatic carbocycles. The first-order valence-corrected chi connectivity index (χ1v) is 7.21. The molecule has 3 atom stereocenters. The molecule has 0 aromatic rings. The van der Waals surface area contributed by atoms with Crippen LogP contribution in [0, 0.1) is 10.8 Å². The van der Waals surface area contributed by atoms with E-state index in [9.17, 15) is 9.59 Å². The van der Waals surface area contributed by atoms with Gasteiger partial charge < -0.3 is 15.0 Å². The molecule has 2 amide bonds. The summed E-state index contributed by atoms with van der Waals surface area (Å²) in [5.74, 6) is -0.0362. The number of methoxy groups -OCH3 is 1. The van der Waals surface area contributed by atoms with Crippen LogP contribution in [-0.2, 0) is 14.3 Å². The van der Waals surface area contributed by atoms with Crippen molar-refractivity contribution in [3.05, 3.63) is 0 Å². The van der Waals surface area contributed by atoms with E-state index < -0.39 is 6.04 Å². The van der Waals surface area contributed by atoms with Gasteiger partial charge in [0.15, 0.2) is 0 Å². The van der Waals surface area contributed by atoms with Gasteiger partial charge >= 0.3 is 0 Å². The normalized spacial score (nSPS) is 33.7. The Kier molecular flexibility index (Phi) is 3.61. The van der Waals surface area contributed by atoms with Crippen molar-refractivity contribution in [2.24, 2.45) is 10.8 Å². The van der Waals surface area contributed by atoms with E-state index in [-0.39, 0.29) is 41.3 Å². The number of amides is 2. The number of hydrogen-bond acceptors (Lipinski definition) is 3. The Morgan fingerprint density at radius 2 is 1.90 bits per heavy atom. The van der Waals surface area contributed by atoms with E-state index in [2.05, 4.69) is 19.2 Å². The first-order valence-electron chi connectivity index (χ1n) is 7.21. The summed E-state index contributed by atoms with van der Waals surface area (Å²) in [4.78, 5) is 26.4. The number of hydrogen-bond donors (Lipinski definition) is 1. The van der Waals surface area contributed by atoms with Crippen molar-refractivity contribution >= 4 is 11.8 Å². The van der Waals surface area contributed by atoms with Crippen LogP contribution in [0.15, 0.2) is 0 Å². The molecule has 20 heavy (non-hydrogen) atoms. The first-order chi connectivity index (χ1) is 9.09. The summed E-state index contributed by atoms with van der Waals surface area (Å²) in [7, 11) is 1.70. The molecule has 0 bridgehead atoms. The molecule has 1 saturated heterocycles. The average molecular weight is 282 g/mol. The minimum atomic E-state index is -0.443. The lowest BCUT2D eigenvalue weighted by Gasteiger charge is -2.57. The molecule has 114 valence electrons. The number of nitrogens with one attached hydrogen (secondary N) is 1. The van der Waals surface area contributed by atoms with Crippen molar-refractivity contribution in [1.29, 1.82) is 0 Å². The summed E-state index contributed by atoms with van der Waals surface area (Å²) in [5.41, 5.74) is -0.384. The van der Waals surface area contributed by atoms with E-state index in [0.717, 1.165) is 6.42 Å². The Hall–Kier alpha value is -1.10. The lowest BCUT2D eigenvalue weighted by atomic mass is 9.63. The van der Waals surface area contributed by atoms with Gasteiger partial charge in [0.2, 0.25) is 11.8 Å². The number of piperazine rings is 1. The lowest BCUT2D eigenvalue weighted by Crippen LogP contribution is -2.70. The quantitative estimate of drug-likeness (QED) is 0.827. The summed E-state index contributed by atoms with van der Waals surface area (Å²) < 4.78 is 5.44. The summed E-state index contributed by atoms with van der Waals surface area (Å²) in [6, 6.07) is -0.364. The van der Waals surface area contributed by atoms with Gasteiger partial charge in [-0.3, -0.25) is 9.59 Å². The zero-order chi connectivity index (χ0) is 15.3. The van der Waals surface area contributed by atoms with Crippen LogP contribution in [0.4, 0.5) is 0 Å². The molecule has 1 heterocycles. The van der Waals surface area contributed by atoms with Crippen LogP contribution >= 0.6 is 0 Å². The minimum Gasteiger partial charge on any atom is -0.381 e. The maximum absolute atomic E-state index is 12.7. The summed E-state index contributed by atoms with van der Waals surface area (Å²) in [5, 5.41) is 2.83. The van der Waals surface area contributed by atoms with E-state index in [1.54, 1.807) is 12.0 Å². The molecule has 1 aliphatic heterocycles. The van der Waals surface area contributed by atoms with Crippen LogP contribution in [0.3, 0.4) is 0 Å². The second kappa shape index (κ2) is 4.72. The van der Waals surface area contributed by atoms with Crippen LogP contribution in [0.1, 0.15) is 41.0 Å². The van der Waals surface area contributed by atoms with Gasteiger partial charge in [-0.1, -0.05) is 34.6 Å². The van der Waals surface area contributed by atoms with Crippen LogP contribution in [-0.4, -0.2) is 48.6 Å². The number of ether oxygens (including phenoxy) is 1. The second-order valence-electron chi connectivity index (χ2n) is 7.63. The monoisotopic (exact) mass is 282 g/mol. The van der Waals surface area contributed by atoms with Gasteiger partial charge in [-0.15, -0.1) is 0 Å². The van der Waals surface area contributed by atoms with Crippen LogP contribution in [0.2, 0.25) is 0 Å². The number of carbonyl (C=O) groups excluding carboxylic acids is 2. The third-order valence-corrected chi connectivity index (χ3v) is 4.80. The third-order valence-electron chi connectivity index (χ3n) is 4.80. The summed E-state index contributed by atoms with van der Waals surface area (Å²) >= 11 is 0. The standard InChI is InChI=1S/C15H26N2O3/c1-14(2,3)12-13(19)17(8-11(18)16-12)9-7-10(20-6)15(9,4)5/h9-10,12H,7-8H2,1-6H3,(H,16,18). The molecule has 0 aromatic heterocycles. The molecule has 1 aliphatic carbocycles. The minimum absolute atomic E-state index is 0.0322. The highest BCUT2D eigenvalue weighted by molar-refractivity contribution is 5.95. The van der Waals surface area contributed by atoms with Gasteiger partial charge in [0.1, 0.15) is 6.04 Å². The Balaban J connectivity index is 2.20. The van der Waals surface area contributed by atoms with Crippen LogP contribution in [0.25, 0.3) is 0 Å². The van der Waals surface area contributed by atoms with E-state index >= 15 is 0 Å². The van der Waals surface area contributed by atoms with Gasteiger partial charge in [-0.05, 0) is 11.8 Å². The zero-order valence-corrected chi connectivity index (χ0v) is 13.3. The van der Waals surface area contributed by atoms with Gasteiger partial charge in [-0.25, -0.2) is 0 Å². The molecule has 5 nitrogen and oxygen atoms in total. The highest BCUT2D eigenvalue weighted by atomic mass is 16.5. The maximum atomic E-state index is 12.7. The molecule has 2 aliphatic rings. The fourth-order valence-corrected chi connectivity index (χ4v) is 3.31. The van der Waals surface area contributed by atoms with Crippen molar-refractivity contribution in [2.75, 3.05) is 13.7 Å². The van der Waals surface area contributed by atoms with Crippen molar-refractivity contribution in [1.82, 2.24) is 10.2 Å². The van der Waals surface area contributed by atoms with E-state index in [1.807, 2.05) is 20.8 Å². The topological polar surface area (TPSA) is 58.6 Å². The third kappa shape index (κ3) is 2.32. The molecule has 1 saturated carbocycles. The zero-order valence-electron chi connectivity index (χ0n) is 13.3. The molecule has 0 spiro atoms. The molecule has 3 unspecified atom stereocenters. The fourth-order valence-electron chi connectivity index (χ4n) is 3.31. The molecule has 2 rings (SSSR count).